The predicted octanol–water partition coefficient (Wildman–Crippen LogP) is 1.16. The maximum Gasteiger partial charge on any atom is 0.0998 e. The van der Waals surface area contributed by atoms with Crippen LogP contribution < -0.4 is 0 Å². The van der Waals surface area contributed by atoms with Gasteiger partial charge in [0.25, 0.3) is 0 Å². The molecule has 1 nitrogen and oxygen atoms in total. The van der Waals surface area contributed by atoms with Gasteiger partial charge in [-0.05, 0) is 18.2 Å². The fourth-order valence-electron chi connectivity index (χ4n) is 0.417. The summed E-state index contributed by atoms with van der Waals surface area (Å²) < 4.78 is 0. The molecule has 1 aromatic rings. The van der Waals surface area contributed by atoms with Crippen molar-refractivity contribution in [2.45, 2.75) is 0 Å². The first-order chi connectivity index (χ1) is 3.93. The molecule has 0 aliphatic heterocycles. The van der Waals surface area contributed by atoms with Crippen molar-refractivity contribution in [3.8, 4) is 6.07 Å². The summed E-state index contributed by atoms with van der Waals surface area (Å²) in [4.78, 5) is 0. The van der Waals surface area contributed by atoms with E-state index in [1.807, 2.05) is 6.07 Å². The molecule has 0 aromatic heterocycles. The average Bonchev–Trinajstić information content (AvgIpc) is 1.90. The molecule has 8 heavy (non-hydrogen) atoms. The Morgan fingerprint density at radius 3 is 2.88 bits per heavy atom. The molecule has 0 atom stereocenters. The lowest BCUT2D eigenvalue weighted by Gasteiger charge is -1.78. The van der Waals surface area contributed by atoms with Crippen molar-refractivity contribution in [1.82, 2.24) is 0 Å². The maximum atomic E-state index is 8.24. The van der Waals surface area contributed by atoms with Crippen molar-refractivity contribution < 1.29 is 0 Å². The Balaban J connectivity index is 3.05. The molecule has 1 aromatic carbocycles. The zero-order chi connectivity index (χ0) is 5.82. The van der Waals surface area contributed by atoms with Gasteiger partial charge in [-0.2, -0.15) is 5.26 Å². The van der Waals surface area contributed by atoms with E-state index in [0.717, 1.165) is 0 Å². The highest BCUT2D eigenvalue weighted by atomic mass is 14.2. The van der Waals surface area contributed by atoms with Crippen molar-refractivity contribution in [3.05, 3.63) is 35.9 Å². The average molecular weight is 101 g/mol. The van der Waals surface area contributed by atoms with Crippen molar-refractivity contribution in [2.24, 2.45) is 0 Å². The summed E-state index contributed by atoms with van der Waals surface area (Å²) in [5, 5.41) is 8.24. The van der Waals surface area contributed by atoms with Crippen molar-refractivity contribution in [3.63, 3.8) is 0 Å². The first kappa shape index (κ1) is 4.86. The van der Waals surface area contributed by atoms with E-state index in [0.29, 0.717) is 5.56 Å². The van der Waals surface area contributed by atoms with Crippen LogP contribution >= 0.6 is 0 Å². The number of nitriles is 1. The van der Waals surface area contributed by atoms with Gasteiger partial charge < -0.3 is 0 Å². The van der Waals surface area contributed by atoms with Gasteiger partial charge in [0.05, 0.1) is 11.6 Å². The van der Waals surface area contributed by atoms with E-state index in [4.69, 9.17) is 5.26 Å². The minimum atomic E-state index is 0.559. The summed E-state index contributed by atoms with van der Waals surface area (Å²) in [7, 11) is 0. The van der Waals surface area contributed by atoms with Gasteiger partial charge in [-0.1, -0.05) is 6.07 Å². The zero-order valence-corrected chi connectivity index (χ0v) is 4.18. The zero-order valence-electron chi connectivity index (χ0n) is 4.18. The van der Waals surface area contributed by atoms with E-state index in [1.54, 1.807) is 18.2 Å². The number of hydrogen-bond donors (Lipinski definition) is 0. The SMILES string of the molecule is N#Cc1[c]c[c]cc1. The molecule has 0 aliphatic carbocycles. The molecular weight excluding hydrogens is 98.1 g/mol. The van der Waals surface area contributed by atoms with Crippen LogP contribution in [0.4, 0.5) is 0 Å². The molecule has 0 saturated heterocycles. The van der Waals surface area contributed by atoms with E-state index in [1.165, 1.54) is 0 Å². The van der Waals surface area contributed by atoms with Crippen LogP contribution in [0.1, 0.15) is 5.56 Å². The number of hydrogen-bond acceptors (Lipinski definition) is 1. The second kappa shape index (κ2) is 2.13. The minimum Gasteiger partial charge on any atom is -0.192 e. The molecule has 1 heteroatoms. The van der Waals surface area contributed by atoms with E-state index >= 15 is 0 Å². The second-order valence-corrected chi connectivity index (χ2v) is 1.31. The Bertz CT molecular complexity index is 195. The van der Waals surface area contributed by atoms with E-state index in [9.17, 15) is 0 Å². The highest BCUT2D eigenvalue weighted by molar-refractivity contribution is 5.25. The summed E-state index contributed by atoms with van der Waals surface area (Å²) >= 11 is 0. The van der Waals surface area contributed by atoms with Gasteiger partial charge in [0.15, 0.2) is 0 Å². The Morgan fingerprint density at radius 1 is 1.62 bits per heavy atom. The molecule has 0 heterocycles. The highest BCUT2D eigenvalue weighted by Crippen LogP contribution is 1.91. The van der Waals surface area contributed by atoms with Crippen molar-refractivity contribution in [2.75, 3.05) is 0 Å². The standard InChI is InChI=1S/C7H3N/c8-6-7-4-2-1-3-5-7/h2-4H. The van der Waals surface area contributed by atoms with Crippen LogP contribution in [0.15, 0.2) is 18.2 Å². The number of benzene rings is 1. The van der Waals surface area contributed by atoms with Crippen LogP contribution in [0.25, 0.3) is 0 Å². The van der Waals surface area contributed by atoms with E-state index in [2.05, 4.69) is 12.1 Å². The number of rotatable bonds is 0. The van der Waals surface area contributed by atoms with Crippen molar-refractivity contribution in [1.29, 1.82) is 5.26 Å². The second-order valence-electron chi connectivity index (χ2n) is 1.31. The van der Waals surface area contributed by atoms with Crippen LogP contribution in [0.2, 0.25) is 0 Å². The Labute approximate surface area is 48.2 Å². The molecule has 0 amide bonds. The lowest BCUT2D eigenvalue weighted by atomic mass is 10.2. The van der Waals surface area contributed by atoms with Crippen LogP contribution in [-0.4, -0.2) is 0 Å². The van der Waals surface area contributed by atoms with Gasteiger partial charge in [-0.15, -0.1) is 0 Å². The molecule has 1 rings (SSSR count). The monoisotopic (exact) mass is 101 g/mol. The molecule has 0 spiro atoms. The number of nitrogens with zero attached hydrogens (tertiary/aromatic N) is 1. The van der Waals surface area contributed by atoms with Gasteiger partial charge in [0, 0.05) is 6.07 Å². The normalized spacial score (nSPS) is 7.88. The lowest BCUT2D eigenvalue weighted by Crippen LogP contribution is -1.67. The molecule has 0 fully saturated rings. The third kappa shape index (κ3) is 0.855. The smallest absolute Gasteiger partial charge is 0.0998 e. The molecule has 0 aliphatic rings. The largest absolute Gasteiger partial charge is 0.192 e. The highest BCUT2D eigenvalue weighted by Gasteiger charge is 1.80. The fraction of sp³-hybridized carbons (Fsp3) is 0. The summed E-state index contributed by atoms with van der Waals surface area (Å²) in [6.45, 7) is 0. The first-order valence-electron chi connectivity index (χ1n) is 2.21. The maximum absolute atomic E-state index is 8.24. The fourth-order valence-corrected chi connectivity index (χ4v) is 0.417. The summed E-state index contributed by atoms with van der Waals surface area (Å²) in [5.41, 5.74) is 0.559. The topological polar surface area (TPSA) is 23.8 Å². The molecule has 0 unspecified atom stereocenters. The van der Waals surface area contributed by atoms with Crippen LogP contribution in [0, 0.1) is 23.5 Å². The Hall–Kier alpha value is -1.29. The van der Waals surface area contributed by atoms with Crippen LogP contribution in [0.5, 0.6) is 0 Å². The predicted molar refractivity (Wildman–Crippen MR) is 28.8 cm³/mol. The Kier molecular flexibility index (Phi) is 1.29. The van der Waals surface area contributed by atoms with Crippen molar-refractivity contribution >= 4 is 0 Å². The van der Waals surface area contributed by atoms with Gasteiger partial charge >= 0.3 is 0 Å². The molecule has 36 valence electrons. The van der Waals surface area contributed by atoms with Crippen LogP contribution in [0.3, 0.4) is 0 Å². The first-order valence-corrected chi connectivity index (χ1v) is 2.21. The third-order valence-corrected chi connectivity index (χ3v) is 0.778. The third-order valence-electron chi connectivity index (χ3n) is 0.778. The molecule has 0 N–H and O–H groups in total. The van der Waals surface area contributed by atoms with Gasteiger partial charge in [0.2, 0.25) is 0 Å². The Morgan fingerprint density at radius 2 is 2.50 bits per heavy atom. The minimum absolute atomic E-state index is 0.559. The molecule has 2 radical (unpaired) electrons. The molecule has 0 bridgehead atoms. The van der Waals surface area contributed by atoms with Gasteiger partial charge in [0.1, 0.15) is 0 Å². The van der Waals surface area contributed by atoms with Gasteiger partial charge in [-0.3, -0.25) is 0 Å². The van der Waals surface area contributed by atoms with Crippen LogP contribution in [-0.2, 0) is 0 Å². The van der Waals surface area contributed by atoms with E-state index in [-0.39, 0.29) is 0 Å². The lowest BCUT2D eigenvalue weighted by molar-refractivity contribution is 1.48. The summed E-state index contributed by atoms with van der Waals surface area (Å²) in [5.74, 6) is 0. The molecular formula is C7H3N. The summed E-state index contributed by atoms with van der Waals surface area (Å²) in [6.07, 6.45) is 0. The quantitative estimate of drug-likeness (QED) is 0.481. The van der Waals surface area contributed by atoms with E-state index < -0.39 is 0 Å². The summed E-state index contributed by atoms with van der Waals surface area (Å²) in [6, 6.07) is 12.4. The van der Waals surface area contributed by atoms with Gasteiger partial charge in [-0.25, -0.2) is 0 Å². The molecule has 0 saturated carbocycles.